The van der Waals surface area contributed by atoms with E-state index in [0.29, 0.717) is 19.0 Å². The summed E-state index contributed by atoms with van der Waals surface area (Å²) in [5.41, 5.74) is 3.65. The van der Waals surface area contributed by atoms with Crippen LogP contribution in [0.5, 0.6) is 0 Å². The van der Waals surface area contributed by atoms with Crippen LogP contribution in [0.1, 0.15) is 16.7 Å². The quantitative estimate of drug-likeness (QED) is 0.280. The maximum absolute atomic E-state index is 11.8. The average molecular weight is 425 g/mol. The van der Waals surface area contributed by atoms with Gasteiger partial charge in [0.25, 0.3) is 0 Å². The second-order valence-corrected chi connectivity index (χ2v) is 8.19. The summed E-state index contributed by atoms with van der Waals surface area (Å²) in [6, 6.07) is 31.4. The fraction of sp³-hybridized carbons (Fsp3) is 0.208. The highest BCUT2D eigenvalue weighted by Crippen LogP contribution is 2.48. The molecule has 0 saturated carbocycles. The molecule has 0 saturated heterocycles. The maximum atomic E-state index is 11.8. The monoisotopic (exact) mass is 424 g/mol. The number of rotatable bonds is 9. The lowest BCUT2D eigenvalue weighted by molar-refractivity contribution is 0.242. The van der Waals surface area contributed by atoms with E-state index in [9.17, 15) is 4.79 Å². The van der Waals surface area contributed by atoms with Crippen molar-refractivity contribution in [1.82, 2.24) is 10.6 Å². The number of hydrogen-bond acceptors (Lipinski definition) is 2. The molecule has 0 aliphatic heterocycles. The molecule has 0 atom stereocenters. The molecule has 150 valence electrons. The van der Waals surface area contributed by atoms with Crippen LogP contribution in [0.25, 0.3) is 0 Å². The minimum absolute atomic E-state index is 0.184. The molecular formula is C24H25ClN2OS. The molecule has 0 heterocycles. The van der Waals surface area contributed by atoms with Crippen molar-refractivity contribution < 1.29 is 4.79 Å². The number of carbonyl (C=O) groups is 1. The molecule has 0 aliphatic rings. The number of hydrogen-bond donors (Lipinski definition) is 2. The highest BCUT2D eigenvalue weighted by molar-refractivity contribution is 8.00. The minimum Gasteiger partial charge on any atom is -0.337 e. The van der Waals surface area contributed by atoms with Crippen LogP contribution in [-0.4, -0.2) is 30.8 Å². The van der Waals surface area contributed by atoms with Gasteiger partial charge in [0.1, 0.15) is 0 Å². The molecule has 0 radical (unpaired) electrons. The van der Waals surface area contributed by atoms with E-state index in [2.05, 4.69) is 83.4 Å². The average Bonchev–Trinajstić information content (AvgIpc) is 2.80. The third kappa shape index (κ3) is 5.34. The Balaban J connectivity index is 1.92. The van der Waals surface area contributed by atoms with Gasteiger partial charge in [-0.25, -0.2) is 4.79 Å². The first kappa shape index (κ1) is 21.3. The third-order valence-corrected chi connectivity index (χ3v) is 6.36. The fourth-order valence-electron chi connectivity index (χ4n) is 3.36. The summed E-state index contributed by atoms with van der Waals surface area (Å²) >= 11 is 7.45. The van der Waals surface area contributed by atoms with Gasteiger partial charge < -0.3 is 10.6 Å². The molecule has 3 aromatic rings. The molecule has 5 heteroatoms. The molecule has 0 unspecified atom stereocenters. The normalized spacial score (nSPS) is 11.1. The first-order valence-corrected chi connectivity index (χ1v) is 11.2. The van der Waals surface area contributed by atoms with Gasteiger partial charge in [-0.2, -0.15) is 0 Å². The predicted molar refractivity (Wildman–Crippen MR) is 124 cm³/mol. The summed E-state index contributed by atoms with van der Waals surface area (Å²) < 4.78 is -0.363. The Morgan fingerprint density at radius 2 is 1.14 bits per heavy atom. The van der Waals surface area contributed by atoms with E-state index in [-0.39, 0.29) is 10.8 Å². The fourth-order valence-corrected chi connectivity index (χ4v) is 4.87. The number of urea groups is 1. The molecule has 3 rings (SSSR count). The van der Waals surface area contributed by atoms with E-state index in [1.54, 1.807) is 0 Å². The van der Waals surface area contributed by atoms with E-state index in [0.717, 1.165) is 5.75 Å². The van der Waals surface area contributed by atoms with Crippen molar-refractivity contribution in [2.45, 2.75) is 4.75 Å². The zero-order chi connectivity index (χ0) is 20.4. The summed E-state index contributed by atoms with van der Waals surface area (Å²) in [7, 11) is 0. The van der Waals surface area contributed by atoms with Crippen LogP contribution >= 0.6 is 23.4 Å². The van der Waals surface area contributed by atoms with Gasteiger partial charge >= 0.3 is 6.03 Å². The summed E-state index contributed by atoms with van der Waals surface area (Å²) in [6.07, 6.45) is 0. The molecule has 2 N–H and O–H groups in total. The SMILES string of the molecule is O=C(NCCCl)NCCSC(c1ccccc1)(c1ccccc1)c1ccccc1. The van der Waals surface area contributed by atoms with Crippen molar-refractivity contribution in [2.75, 3.05) is 24.7 Å². The summed E-state index contributed by atoms with van der Waals surface area (Å²) in [5.74, 6) is 1.16. The highest BCUT2D eigenvalue weighted by Gasteiger charge is 2.36. The lowest BCUT2D eigenvalue weighted by atomic mass is 9.84. The van der Waals surface area contributed by atoms with Gasteiger partial charge in [-0.15, -0.1) is 23.4 Å². The van der Waals surface area contributed by atoms with Crippen LogP contribution in [0.2, 0.25) is 0 Å². The van der Waals surface area contributed by atoms with Gasteiger partial charge in [0.05, 0.1) is 4.75 Å². The Bertz CT molecular complexity index is 778. The Kier molecular flexibility index (Phi) is 8.03. The zero-order valence-electron chi connectivity index (χ0n) is 16.2. The Morgan fingerprint density at radius 1 is 0.724 bits per heavy atom. The first-order chi connectivity index (χ1) is 14.3. The van der Waals surface area contributed by atoms with Gasteiger partial charge in [0.2, 0.25) is 0 Å². The van der Waals surface area contributed by atoms with Gasteiger partial charge in [-0.1, -0.05) is 91.0 Å². The second-order valence-electron chi connectivity index (χ2n) is 6.50. The van der Waals surface area contributed by atoms with Crippen molar-refractivity contribution in [3.8, 4) is 0 Å². The number of thioether (sulfide) groups is 1. The lowest BCUT2D eigenvalue weighted by Gasteiger charge is -2.35. The molecule has 0 spiro atoms. The molecule has 0 aromatic heterocycles. The molecule has 0 bridgehead atoms. The highest BCUT2D eigenvalue weighted by atomic mass is 35.5. The number of benzene rings is 3. The summed E-state index contributed by atoms with van der Waals surface area (Å²) in [4.78, 5) is 11.8. The van der Waals surface area contributed by atoms with E-state index >= 15 is 0 Å². The largest absolute Gasteiger partial charge is 0.337 e. The van der Waals surface area contributed by atoms with Crippen molar-refractivity contribution >= 4 is 29.4 Å². The van der Waals surface area contributed by atoms with Crippen LogP contribution in [0.3, 0.4) is 0 Å². The smallest absolute Gasteiger partial charge is 0.314 e. The number of amides is 2. The van der Waals surface area contributed by atoms with E-state index in [4.69, 9.17) is 11.6 Å². The van der Waals surface area contributed by atoms with Crippen LogP contribution in [0.15, 0.2) is 91.0 Å². The van der Waals surface area contributed by atoms with Gasteiger partial charge in [0.15, 0.2) is 0 Å². The number of carbonyl (C=O) groups excluding carboxylic acids is 1. The van der Waals surface area contributed by atoms with E-state index < -0.39 is 0 Å². The van der Waals surface area contributed by atoms with Crippen molar-refractivity contribution in [3.63, 3.8) is 0 Å². The molecule has 3 aromatic carbocycles. The van der Waals surface area contributed by atoms with Crippen LogP contribution in [-0.2, 0) is 4.75 Å². The Hall–Kier alpha value is -2.43. The van der Waals surface area contributed by atoms with Crippen molar-refractivity contribution in [2.24, 2.45) is 0 Å². The lowest BCUT2D eigenvalue weighted by Crippen LogP contribution is -2.38. The van der Waals surface area contributed by atoms with Gasteiger partial charge in [-0.05, 0) is 16.7 Å². The van der Waals surface area contributed by atoms with Crippen LogP contribution in [0, 0.1) is 0 Å². The Labute approximate surface area is 181 Å². The number of halogens is 1. The van der Waals surface area contributed by atoms with Gasteiger partial charge in [0, 0.05) is 24.7 Å². The van der Waals surface area contributed by atoms with Crippen LogP contribution < -0.4 is 10.6 Å². The molecule has 0 fully saturated rings. The van der Waals surface area contributed by atoms with Crippen molar-refractivity contribution in [3.05, 3.63) is 108 Å². The summed E-state index contributed by atoms with van der Waals surface area (Å²) in [6.45, 7) is 1.02. The summed E-state index contributed by atoms with van der Waals surface area (Å²) in [5, 5.41) is 5.65. The van der Waals surface area contributed by atoms with Crippen molar-refractivity contribution in [1.29, 1.82) is 0 Å². The molecule has 2 amide bonds. The number of alkyl halides is 1. The van der Waals surface area contributed by atoms with Crippen LogP contribution in [0.4, 0.5) is 4.79 Å². The number of nitrogens with one attached hydrogen (secondary N) is 2. The van der Waals surface area contributed by atoms with Gasteiger partial charge in [-0.3, -0.25) is 0 Å². The molecule has 3 nitrogen and oxygen atoms in total. The molecule has 29 heavy (non-hydrogen) atoms. The standard InChI is InChI=1S/C24H25ClN2OS/c25-16-17-26-23(28)27-18-19-29-24(20-10-4-1-5-11-20,21-12-6-2-7-13-21)22-14-8-3-9-15-22/h1-15H,16-19H2,(H2,26,27,28). The second kappa shape index (κ2) is 10.9. The predicted octanol–water partition coefficient (Wildman–Crippen LogP) is 5.25. The topological polar surface area (TPSA) is 41.1 Å². The van der Waals surface area contributed by atoms with E-state index in [1.807, 2.05) is 30.0 Å². The molecule has 0 aliphatic carbocycles. The Morgan fingerprint density at radius 3 is 1.55 bits per heavy atom. The maximum Gasteiger partial charge on any atom is 0.314 e. The third-order valence-electron chi connectivity index (χ3n) is 4.63. The molecular weight excluding hydrogens is 400 g/mol. The first-order valence-electron chi connectivity index (χ1n) is 9.65. The zero-order valence-corrected chi connectivity index (χ0v) is 17.8. The minimum atomic E-state index is -0.363. The van der Waals surface area contributed by atoms with E-state index in [1.165, 1.54) is 16.7 Å².